The highest BCUT2D eigenvalue weighted by molar-refractivity contribution is 6.01. The van der Waals surface area contributed by atoms with Crippen LogP contribution in [0.4, 0.5) is 0 Å². The van der Waals surface area contributed by atoms with Crippen LogP contribution in [0.25, 0.3) is 6.08 Å². The lowest BCUT2D eigenvalue weighted by Crippen LogP contribution is -2.26. The van der Waals surface area contributed by atoms with Gasteiger partial charge in [0, 0.05) is 12.1 Å². The van der Waals surface area contributed by atoms with Gasteiger partial charge in [-0.3, -0.25) is 4.79 Å². The summed E-state index contributed by atoms with van der Waals surface area (Å²) >= 11 is 0. The van der Waals surface area contributed by atoms with Gasteiger partial charge in [-0.25, -0.2) is 0 Å². The van der Waals surface area contributed by atoms with Crippen LogP contribution in [0.3, 0.4) is 0 Å². The van der Waals surface area contributed by atoms with Crippen molar-refractivity contribution >= 4 is 12.0 Å². The Morgan fingerprint density at radius 2 is 2.47 bits per heavy atom. The van der Waals surface area contributed by atoms with Gasteiger partial charge in [-0.1, -0.05) is 0 Å². The van der Waals surface area contributed by atoms with Crippen LogP contribution in [0.15, 0.2) is 28.4 Å². The lowest BCUT2D eigenvalue weighted by atomic mass is 10.2. The van der Waals surface area contributed by atoms with Crippen molar-refractivity contribution in [3.8, 4) is 6.07 Å². The van der Waals surface area contributed by atoms with Gasteiger partial charge in [-0.2, -0.15) is 5.26 Å². The smallest absolute Gasteiger partial charge is 0.262 e. The molecule has 0 aromatic carbocycles. The monoisotopic (exact) mass is 202 g/mol. The Morgan fingerprint density at radius 1 is 1.67 bits per heavy atom. The second kappa shape index (κ2) is 4.01. The summed E-state index contributed by atoms with van der Waals surface area (Å²) in [6.07, 6.45) is 4.95. The third-order valence-electron chi connectivity index (χ3n) is 2.11. The summed E-state index contributed by atoms with van der Waals surface area (Å²) < 4.78 is 5.03. The number of carbonyl (C=O) groups is 1. The van der Waals surface area contributed by atoms with E-state index in [0.29, 0.717) is 5.76 Å². The lowest BCUT2D eigenvalue weighted by Gasteiger charge is -1.99. The molecule has 0 aliphatic heterocycles. The molecular weight excluding hydrogens is 192 g/mol. The van der Waals surface area contributed by atoms with E-state index in [1.165, 1.54) is 12.3 Å². The topological polar surface area (TPSA) is 66.0 Å². The third-order valence-corrected chi connectivity index (χ3v) is 2.11. The van der Waals surface area contributed by atoms with Crippen molar-refractivity contribution in [1.82, 2.24) is 5.32 Å². The fourth-order valence-corrected chi connectivity index (χ4v) is 1.16. The summed E-state index contributed by atoms with van der Waals surface area (Å²) in [6.45, 7) is 0. The van der Waals surface area contributed by atoms with E-state index in [2.05, 4.69) is 5.32 Å². The first kappa shape index (κ1) is 9.53. The maximum absolute atomic E-state index is 11.5. The summed E-state index contributed by atoms with van der Waals surface area (Å²) in [5, 5.41) is 11.6. The van der Waals surface area contributed by atoms with E-state index in [4.69, 9.17) is 9.68 Å². The Hall–Kier alpha value is -2.02. The minimum atomic E-state index is -0.323. The Kier molecular flexibility index (Phi) is 2.55. The minimum Gasteiger partial charge on any atom is -0.465 e. The van der Waals surface area contributed by atoms with Crippen molar-refractivity contribution in [3.63, 3.8) is 0 Å². The third kappa shape index (κ3) is 2.47. The van der Waals surface area contributed by atoms with Gasteiger partial charge in [-0.05, 0) is 25.0 Å². The first-order chi connectivity index (χ1) is 7.29. The first-order valence-electron chi connectivity index (χ1n) is 4.76. The number of furan rings is 1. The summed E-state index contributed by atoms with van der Waals surface area (Å²) in [7, 11) is 0. The summed E-state index contributed by atoms with van der Waals surface area (Å²) in [5.74, 6) is 0.189. The van der Waals surface area contributed by atoms with Crippen molar-refractivity contribution in [1.29, 1.82) is 5.26 Å². The van der Waals surface area contributed by atoms with Gasteiger partial charge in [0.25, 0.3) is 5.91 Å². The van der Waals surface area contributed by atoms with E-state index in [-0.39, 0.29) is 17.5 Å². The molecule has 15 heavy (non-hydrogen) atoms. The van der Waals surface area contributed by atoms with Crippen LogP contribution in [-0.4, -0.2) is 11.9 Å². The van der Waals surface area contributed by atoms with Crippen molar-refractivity contribution in [3.05, 3.63) is 29.7 Å². The molecule has 1 aromatic heterocycles. The van der Waals surface area contributed by atoms with Crippen LogP contribution in [0.2, 0.25) is 0 Å². The molecule has 4 nitrogen and oxygen atoms in total. The molecule has 1 fully saturated rings. The highest BCUT2D eigenvalue weighted by Gasteiger charge is 2.24. The van der Waals surface area contributed by atoms with Crippen molar-refractivity contribution in [2.45, 2.75) is 18.9 Å². The number of nitrogens with one attached hydrogen (secondary N) is 1. The van der Waals surface area contributed by atoms with Crippen LogP contribution < -0.4 is 5.32 Å². The zero-order valence-corrected chi connectivity index (χ0v) is 8.06. The minimum absolute atomic E-state index is 0.0804. The molecule has 1 saturated carbocycles. The van der Waals surface area contributed by atoms with E-state index in [1.807, 2.05) is 6.07 Å². The number of hydrogen-bond donors (Lipinski definition) is 1. The van der Waals surface area contributed by atoms with Crippen molar-refractivity contribution in [2.24, 2.45) is 0 Å². The van der Waals surface area contributed by atoms with Crippen LogP contribution in [0, 0.1) is 11.3 Å². The normalized spacial score (nSPS) is 15.8. The highest BCUT2D eigenvalue weighted by atomic mass is 16.3. The number of nitriles is 1. The first-order valence-corrected chi connectivity index (χ1v) is 4.76. The van der Waals surface area contributed by atoms with E-state index in [1.54, 1.807) is 12.1 Å². The summed E-state index contributed by atoms with van der Waals surface area (Å²) in [4.78, 5) is 11.5. The molecule has 1 heterocycles. The fraction of sp³-hybridized carbons (Fsp3) is 0.273. The van der Waals surface area contributed by atoms with Crippen LogP contribution in [0.5, 0.6) is 0 Å². The SMILES string of the molecule is N#CC(=Cc1ccco1)C(=O)NC1CC1. The summed E-state index contributed by atoms with van der Waals surface area (Å²) in [6, 6.07) is 5.52. The quantitative estimate of drug-likeness (QED) is 0.596. The molecule has 0 unspecified atom stereocenters. The van der Waals surface area contributed by atoms with Crippen LogP contribution in [-0.2, 0) is 4.79 Å². The molecule has 1 N–H and O–H groups in total. The van der Waals surface area contributed by atoms with E-state index in [9.17, 15) is 4.79 Å². The standard InChI is InChI=1S/C11H10N2O2/c12-7-8(6-10-2-1-5-15-10)11(14)13-9-3-4-9/h1-2,5-6,9H,3-4H2,(H,13,14). The number of rotatable bonds is 3. The van der Waals surface area contributed by atoms with Gasteiger partial charge in [0.2, 0.25) is 0 Å². The van der Waals surface area contributed by atoms with Crippen molar-refractivity contribution < 1.29 is 9.21 Å². The van der Waals surface area contributed by atoms with E-state index in [0.717, 1.165) is 12.8 Å². The zero-order valence-electron chi connectivity index (χ0n) is 8.06. The zero-order chi connectivity index (χ0) is 10.7. The number of hydrogen-bond acceptors (Lipinski definition) is 3. The molecule has 1 aromatic rings. The second-order valence-corrected chi connectivity index (χ2v) is 3.43. The molecule has 0 spiro atoms. The molecule has 2 rings (SSSR count). The van der Waals surface area contributed by atoms with Crippen molar-refractivity contribution in [2.75, 3.05) is 0 Å². The second-order valence-electron chi connectivity index (χ2n) is 3.43. The lowest BCUT2D eigenvalue weighted by molar-refractivity contribution is -0.117. The number of carbonyl (C=O) groups excluding carboxylic acids is 1. The maximum atomic E-state index is 11.5. The largest absolute Gasteiger partial charge is 0.465 e. The Balaban J connectivity index is 2.09. The molecule has 0 saturated heterocycles. The molecule has 76 valence electrons. The molecule has 1 aliphatic carbocycles. The molecule has 1 aliphatic rings. The van der Waals surface area contributed by atoms with Gasteiger partial charge in [-0.15, -0.1) is 0 Å². The molecular formula is C11H10N2O2. The molecule has 1 amide bonds. The fourth-order valence-electron chi connectivity index (χ4n) is 1.16. The molecule has 0 radical (unpaired) electrons. The van der Waals surface area contributed by atoms with E-state index < -0.39 is 0 Å². The average Bonchev–Trinajstić information content (AvgIpc) is 2.89. The number of amides is 1. The molecule has 4 heteroatoms. The predicted molar refractivity (Wildman–Crippen MR) is 53.5 cm³/mol. The van der Waals surface area contributed by atoms with Gasteiger partial charge in [0.05, 0.1) is 6.26 Å². The van der Waals surface area contributed by atoms with Gasteiger partial charge in [0.15, 0.2) is 0 Å². The Bertz CT molecular complexity index is 422. The molecule has 0 atom stereocenters. The average molecular weight is 202 g/mol. The predicted octanol–water partition coefficient (Wildman–Crippen LogP) is 1.47. The van der Waals surface area contributed by atoms with Crippen LogP contribution in [0.1, 0.15) is 18.6 Å². The maximum Gasteiger partial charge on any atom is 0.262 e. The Morgan fingerprint density at radius 3 is 3.00 bits per heavy atom. The van der Waals surface area contributed by atoms with Crippen LogP contribution >= 0.6 is 0 Å². The van der Waals surface area contributed by atoms with E-state index >= 15 is 0 Å². The molecule has 0 bridgehead atoms. The number of nitrogens with zero attached hydrogens (tertiary/aromatic N) is 1. The van der Waals surface area contributed by atoms with Gasteiger partial charge in [0.1, 0.15) is 17.4 Å². The summed E-state index contributed by atoms with van der Waals surface area (Å²) in [5.41, 5.74) is 0.0804. The highest BCUT2D eigenvalue weighted by Crippen LogP contribution is 2.19. The van der Waals surface area contributed by atoms with Gasteiger partial charge < -0.3 is 9.73 Å². The van der Waals surface area contributed by atoms with Gasteiger partial charge >= 0.3 is 0 Å². The Labute approximate surface area is 87.2 Å².